The predicted octanol–water partition coefficient (Wildman–Crippen LogP) is 2.70. The van der Waals surface area contributed by atoms with Crippen LogP contribution in [0.2, 0.25) is 4.34 Å². The van der Waals surface area contributed by atoms with Crippen LogP contribution in [0.15, 0.2) is 36.8 Å². The highest BCUT2D eigenvalue weighted by Crippen LogP contribution is 2.22. The van der Waals surface area contributed by atoms with E-state index in [0.29, 0.717) is 14.9 Å². The zero-order chi connectivity index (χ0) is 12.5. The molecule has 3 aromatic heterocycles. The Bertz CT molecular complexity index is 720. The molecule has 0 saturated carbocycles. The Morgan fingerprint density at radius 2 is 2.22 bits per heavy atom. The van der Waals surface area contributed by atoms with Gasteiger partial charge in [-0.1, -0.05) is 11.6 Å². The number of anilines is 1. The first-order valence-corrected chi connectivity index (χ1v) is 6.28. The SMILES string of the molecule is O=C(Nc1ccc2nncn2c1)c1ccc(Cl)s1. The lowest BCUT2D eigenvalue weighted by atomic mass is 10.3. The molecule has 0 aromatic carbocycles. The topological polar surface area (TPSA) is 59.3 Å². The summed E-state index contributed by atoms with van der Waals surface area (Å²) >= 11 is 7.03. The van der Waals surface area contributed by atoms with Crippen LogP contribution < -0.4 is 5.32 Å². The Balaban J connectivity index is 1.85. The molecule has 0 aliphatic carbocycles. The van der Waals surface area contributed by atoms with Crippen molar-refractivity contribution < 1.29 is 4.79 Å². The minimum atomic E-state index is -0.181. The molecule has 0 spiro atoms. The van der Waals surface area contributed by atoms with Gasteiger partial charge in [0.15, 0.2) is 5.65 Å². The number of thiophene rings is 1. The van der Waals surface area contributed by atoms with E-state index in [1.54, 1.807) is 41.2 Å². The molecule has 3 rings (SSSR count). The van der Waals surface area contributed by atoms with Gasteiger partial charge in [0.05, 0.1) is 14.9 Å². The zero-order valence-electron chi connectivity index (χ0n) is 9.00. The van der Waals surface area contributed by atoms with E-state index in [-0.39, 0.29) is 5.91 Å². The van der Waals surface area contributed by atoms with Crippen molar-refractivity contribution in [2.45, 2.75) is 0 Å². The molecule has 1 amide bonds. The Morgan fingerprint density at radius 1 is 1.33 bits per heavy atom. The van der Waals surface area contributed by atoms with Crippen LogP contribution in [0.25, 0.3) is 5.65 Å². The Hall–Kier alpha value is -1.92. The second-order valence-electron chi connectivity index (χ2n) is 3.57. The third-order valence-electron chi connectivity index (χ3n) is 2.35. The van der Waals surface area contributed by atoms with Crippen molar-refractivity contribution in [3.05, 3.63) is 46.0 Å². The van der Waals surface area contributed by atoms with Gasteiger partial charge in [0.1, 0.15) is 6.33 Å². The van der Waals surface area contributed by atoms with E-state index in [0.717, 1.165) is 5.65 Å². The lowest BCUT2D eigenvalue weighted by Crippen LogP contribution is -2.10. The summed E-state index contributed by atoms with van der Waals surface area (Å²) in [6, 6.07) is 6.95. The van der Waals surface area contributed by atoms with Crippen LogP contribution in [0.3, 0.4) is 0 Å². The minimum absolute atomic E-state index is 0.181. The van der Waals surface area contributed by atoms with Crippen molar-refractivity contribution in [3.63, 3.8) is 0 Å². The van der Waals surface area contributed by atoms with Crippen molar-refractivity contribution in [3.8, 4) is 0 Å². The molecule has 1 N–H and O–H groups in total. The highest BCUT2D eigenvalue weighted by molar-refractivity contribution is 7.18. The van der Waals surface area contributed by atoms with E-state index in [1.165, 1.54) is 11.3 Å². The number of hydrogen-bond acceptors (Lipinski definition) is 4. The van der Waals surface area contributed by atoms with E-state index < -0.39 is 0 Å². The van der Waals surface area contributed by atoms with Crippen LogP contribution in [0, 0.1) is 0 Å². The second kappa shape index (κ2) is 4.40. The average Bonchev–Trinajstić information content (AvgIpc) is 2.96. The van der Waals surface area contributed by atoms with Crippen LogP contribution >= 0.6 is 22.9 Å². The number of fused-ring (bicyclic) bond motifs is 1. The molecule has 7 heteroatoms. The van der Waals surface area contributed by atoms with Gasteiger partial charge >= 0.3 is 0 Å². The van der Waals surface area contributed by atoms with Gasteiger partial charge in [-0.25, -0.2) is 0 Å². The number of halogens is 1. The summed E-state index contributed by atoms with van der Waals surface area (Å²) in [4.78, 5) is 12.5. The molecular weight excluding hydrogens is 272 g/mol. The number of amides is 1. The molecule has 90 valence electrons. The van der Waals surface area contributed by atoms with Crippen molar-refractivity contribution in [2.75, 3.05) is 5.32 Å². The van der Waals surface area contributed by atoms with E-state index in [9.17, 15) is 4.79 Å². The molecule has 0 atom stereocenters. The van der Waals surface area contributed by atoms with Crippen molar-refractivity contribution in [1.29, 1.82) is 0 Å². The summed E-state index contributed by atoms with van der Waals surface area (Å²) in [5.74, 6) is -0.181. The maximum Gasteiger partial charge on any atom is 0.265 e. The third kappa shape index (κ3) is 2.07. The van der Waals surface area contributed by atoms with Crippen molar-refractivity contribution in [2.24, 2.45) is 0 Å². The van der Waals surface area contributed by atoms with Gasteiger partial charge in [-0.2, -0.15) is 0 Å². The number of aromatic nitrogens is 3. The summed E-state index contributed by atoms with van der Waals surface area (Å²) in [5.41, 5.74) is 1.41. The highest BCUT2D eigenvalue weighted by Gasteiger charge is 2.09. The molecule has 3 aromatic rings. The molecule has 3 heterocycles. The third-order valence-corrected chi connectivity index (χ3v) is 3.58. The molecule has 5 nitrogen and oxygen atoms in total. The number of carbonyl (C=O) groups excluding carboxylic acids is 1. The molecule has 0 fully saturated rings. The average molecular weight is 279 g/mol. The van der Waals surface area contributed by atoms with Gasteiger partial charge < -0.3 is 5.32 Å². The molecule has 18 heavy (non-hydrogen) atoms. The van der Waals surface area contributed by atoms with Crippen LogP contribution in [-0.2, 0) is 0 Å². The summed E-state index contributed by atoms with van der Waals surface area (Å²) in [6.45, 7) is 0. The molecule has 0 aliphatic rings. The molecular formula is C11H7ClN4OS. The fourth-order valence-corrected chi connectivity index (χ4v) is 2.47. The lowest BCUT2D eigenvalue weighted by Gasteiger charge is -2.03. The van der Waals surface area contributed by atoms with E-state index in [1.807, 2.05) is 0 Å². The van der Waals surface area contributed by atoms with Gasteiger partial charge in [-0.3, -0.25) is 9.20 Å². The standard InChI is InChI=1S/C11H7ClN4OS/c12-9-3-2-8(18-9)11(17)14-7-1-4-10-15-13-6-16(10)5-7/h1-6H,(H,14,17). The smallest absolute Gasteiger partial charge is 0.265 e. The minimum Gasteiger partial charge on any atom is -0.320 e. The molecule has 0 saturated heterocycles. The number of carbonyl (C=O) groups is 1. The summed E-state index contributed by atoms with van der Waals surface area (Å²) in [6.07, 6.45) is 3.33. The summed E-state index contributed by atoms with van der Waals surface area (Å²) in [7, 11) is 0. The van der Waals surface area contributed by atoms with Gasteiger partial charge in [0, 0.05) is 6.20 Å². The molecule has 0 unspecified atom stereocenters. The maximum atomic E-state index is 11.9. The lowest BCUT2D eigenvalue weighted by molar-refractivity contribution is 0.103. The van der Waals surface area contributed by atoms with Gasteiger partial charge in [-0.05, 0) is 24.3 Å². The number of nitrogens with zero attached hydrogens (tertiary/aromatic N) is 3. The normalized spacial score (nSPS) is 10.7. The maximum absolute atomic E-state index is 11.9. The molecule has 0 bridgehead atoms. The zero-order valence-corrected chi connectivity index (χ0v) is 10.6. The fourth-order valence-electron chi connectivity index (χ4n) is 1.53. The van der Waals surface area contributed by atoms with Gasteiger partial charge in [0.2, 0.25) is 0 Å². The summed E-state index contributed by atoms with van der Waals surface area (Å²) in [5, 5.41) is 10.4. The Morgan fingerprint density at radius 3 is 3.00 bits per heavy atom. The van der Waals surface area contributed by atoms with Gasteiger partial charge in [0.25, 0.3) is 5.91 Å². The van der Waals surface area contributed by atoms with Crippen molar-refractivity contribution in [1.82, 2.24) is 14.6 Å². The first kappa shape index (κ1) is 11.2. The first-order chi connectivity index (χ1) is 8.72. The quantitative estimate of drug-likeness (QED) is 0.784. The first-order valence-electron chi connectivity index (χ1n) is 5.08. The van der Waals surface area contributed by atoms with E-state index in [2.05, 4.69) is 15.5 Å². The number of pyridine rings is 1. The van der Waals surface area contributed by atoms with Crippen LogP contribution in [-0.4, -0.2) is 20.5 Å². The van der Waals surface area contributed by atoms with Gasteiger partial charge in [-0.15, -0.1) is 21.5 Å². The number of nitrogens with one attached hydrogen (secondary N) is 1. The predicted molar refractivity (Wildman–Crippen MR) is 70.3 cm³/mol. The van der Waals surface area contributed by atoms with Crippen LogP contribution in [0.5, 0.6) is 0 Å². The molecule has 0 aliphatic heterocycles. The summed E-state index contributed by atoms with van der Waals surface area (Å²) < 4.78 is 2.33. The molecule has 0 radical (unpaired) electrons. The Labute approximate surface area is 111 Å². The van der Waals surface area contributed by atoms with Crippen LogP contribution in [0.1, 0.15) is 9.67 Å². The fraction of sp³-hybridized carbons (Fsp3) is 0. The Kier molecular flexibility index (Phi) is 2.73. The largest absolute Gasteiger partial charge is 0.320 e. The van der Waals surface area contributed by atoms with Crippen LogP contribution in [0.4, 0.5) is 5.69 Å². The monoisotopic (exact) mass is 278 g/mol. The van der Waals surface area contributed by atoms with E-state index in [4.69, 9.17) is 11.6 Å². The highest BCUT2D eigenvalue weighted by atomic mass is 35.5. The van der Waals surface area contributed by atoms with E-state index >= 15 is 0 Å². The second-order valence-corrected chi connectivity index (χ2v) is 5.29. The number of hydrogen-bond donors (Lipinski definition) is 1. The van der Waals surface area contributed by atoms with Crippen molar-refractivity contribution >= 4 is 40.2 Å². The number of rotatable bonds is 2.